The van der Waals surface area contributed by atoms with Crippen molar-refractivity contribution in [2.75, 3.05) is 12.4 Å². The van der Waals surface area contributed by atoms with Crippen LogP contribution in [0, 0.1) is 0 Å². The fraction of sp³-hybridized carbons (Fsp3) is 0.316. The van der Waals surface area contributed by atoms with E-state index in [0.717, 1.165) is 34.1 Å². The minimum Gasteiger partial charge on any atom is -0.492 e. The lowest BCUT2D eigenvalue weighted by molar-refractivity contribution is 0.338. The molecule has 0 saturated carbocycles. The van der Waals surface area contributed by atoms with E-state index in [0.29, 0.717) is 12.5 Å². The van der Waals surface area contributed by atoms with E-state index in [2.05, 4.69) is 42.0 Å². The molecule has 1 heterocycles. The summed E-state index contributed by atoms with van der Waals surface area (Å²) in [6, 6.07) is 16.4. The molecule has 1 aromatic heterocycles. The van der Waals surface area contributed by atoms with Gasteiger partial charge in [0.2, 0.25) is 0 Å². The van der Waals surface area contributed by atoms with Gasteiger partial charge < -0.3 is 9.72 Å². The van der Waals surface area contributed by atoms with Crippen molar-refractivity contribution >= 4 is 22.8 Å². The fourth-order valence-electron chi connectivity index (χ4n) is 2.53. The van der Waals surface area contributed by atoms with Crippen molar-refractivity contribution in [2.45, 2.75) is 31.3 Å². The van der Waals surface area contributed by atoms with E-state index in [4.69, 9.17) is 4.74 Å². The minimum atomic E-state index is 0.522. The number of imidazole rings is 1. The molecule has 0 bridgehead atoms. The molecule has 4 heteroatoms. The summed E-state index contributed by atoms with van der Waals surface area (Å²) in [7, 11) is 0. The molecule has 2 aromatic carbocycles. The van der Waals surface area contributed by atoms with Crippen LogP contribution in [0.15, 0.2) is 53.7 Å². The third-order valence-electron chi connectivity index (χ3n) is 4.01. The first kappa shape index (κ1) is 15.9. The highest BCUT2D eigenvalue weighted by Gasteiger charge is 2.09. The number of hydrogen-bond acceptors (Lipinski definition) is 3. The molecule has 1 atom stereocenters. The molecule has 0 spiro atoms. The monoisotopic (exact) mass is 326 g/mol. The molecule has 1 N–H and O–H groups in total. The van der Waals surface area contributed by atoms with Crippen molar-refractivity contribution in [3.63, 3.8) is 0 Å². The second-order valence-corrected chi connectivity index (χ2v) is 6.69. The fourth-order valence-corrected chi connectivity index (χ4v) is 3.23. The molecule has 0 fully saturated rings. The van der Waals surface area contributed by atoms with E-state index in [-0.39, 0.29) is 0 Å². The molecule has 3 aromatic rings. The van der Waals surface area contributed by atoms with Gasteiger partial charge in [0.05, 0.1) is 17.6 Å². The van der Waals surface area contributed by atoms with E-state index in [1.54, 1.807) is 11.8 Å². The smallest absolute Gasteiger partial charge is 0.166 e. The molecule has 0 radical (unpaired) electrons. The van der Waals surface area contributed by atoms with Gasteiger partial charge in [0, 0.05) is 5.75 Å². The Bertz CT molecular complexity index is 736. The molecule has 0 amide bonds. The number of hydrogen-bond donors (Lipinski definition) is 1. The van der Waals surface area contributed by atoms with Gasteiger partial charge in [-0.1, -0.05) is 55.9 Å². The number of nitrogens with zero attached hydrogens (tertiary/aromatic N) is 1. The zero-order valence-corrected chi connectivity index (χ0v) is 14.4. The molecule has 23 heavy (non-hydrogen) atoms. The van der Waals surface area contributed by atoms with Crippen molar-refractivity contribution in [1.29, 1.82) is 0 Å². The van der Waals surface area contributed by atoms with Gasteiger partial charge in [-0.25, -0.2) is 4.98 Å². The van der Waals surface area contributed by atoms with Gasteiger partial charge in [-0.3, -0.25) is 0 Å². The number of para-hydroxylation sites is 3. The van der Waals surface area contributed by atoms with Gasteiger partial charge in [0.1, 0.15) is 5.75 Å². The predicted octanol–water partition coefficient (Wildman–Crippen LogP) is 5.25. The second kappa shape index (κ2) is 7.55. The first-order chi connectivity index (χ1) is 11.3. The Balaban J connectivity index is 1.55. The van der Waals surface area contributed by atoms with Crippen LogP contribution in [-0.4, -0.2) is 22.3 Å². The number of ether oxygens (including phenoxy) is 1. The molecular weight excluding hydrogens is 304 g/mol. The maximum absolute atomic E-state index is 5.99. The number of fused-ring (bicyclic) bond motifs is 1. The summed E-state index contributed by atoms with van der Waals surface area (Å²) in [5.74, 6) is 2.40. The first-order valence-corrected chi connectivity index (χ1v) is 9.05. The third kappa shape index (κ3) is 3.88. The molecule has 3 nitrogen and oxygen atoms in total. The molecule has 0 saturated heterocycles. The largest absolute Gasteiger partial charge is 0.492 e. The molecule has 0 aliphatic rings. The van der Waals surface area contributed by atoms with Crippen LogP contribution in [0.5, 0.6) is 5.75 Å². The van der Waals surface area contributed by atoms with Gasteiger partial charge in [-0.05, 0) is 36.1 Å². The number of H-pyrrole nitrogens is 1. The summed E-state index contributed by atoms with van der Waals surface area (Å²) < 4.78 is 5.99. The Hall–Kier alpha value is -1.94. The SMILES string of the molecule is CC[C@@H](C)c1ccccc1OCCSc1nc2ccccc2[nH]1. The van der Waals surface area contributed by atoms with Gasteiger partial charge in [-0.2, -0.15) is 0 Å². The number of nitrogens with one attached hydrogen (secondary N) is 1. The highest BCUT2D eigenvalue weighted by Crippen LogP contribution is 2.28. The van der Waals surface area contributed by atoms with Crippen molar-refractivity contribution < 1.29 is 4.74 Å². The number of benzene rings is 2. The van der Waals surface area contributed by atoms with E-state index in [1.807, 2.05) is 30.3 Å². The molecule has 120 valence electrons. The Morgan fingerprint density at radius 1 is 1.13 bits per heavy atom. The van der Waals surface area contributed by atoms with Crippen LogP contribution in [0.25, 0.3) is 11.0 Å². The normalized spacial score (nSPS) is 12.4. The summed E-state index contributed by atoms with van der Waals surface area (Å²) in [5.41, 5.74) is 3.39. The zero-order chi connectivity index (χ0) is 16.1. The predicted molar refractivity (Wildman–Crippen MR) is 97.5 cm³/mol. The van der Waals surface area contributed by atoms with E-state index in [9.17, 15) is 0 Å². The molecular formula is C19H22N2OS. The molecule has 0 aliphatic carbocycles. The van der Waals surface area contributed by atoms with Crippen LogP contribution in [0.4, 0.5) is 0 Å². The van der Waals surface area contributed by atoms with Crippen molar-refractivity contribution in [3.05, 3.63) is 54.1 Å². The maximum Gasteiger partial charge on any atom is 0.166 e. The summed E-state index contributed by atoms with van der Waals surface area (Å²) in [5, 5.41) is 0.949. The zero-order valence-electron chi connectivity index (χ0n) is 13.6. The minimum absolute atomic E-state index is 0.522. The number of rotatable bonds is 7. The van der Waals surface area contributed by atoms with Crippen LogP contribution in [0.3, 0.4) is 0 Å². The third-order valence-corrected chi connectivity index (χ3v) is 4.85. The highest BCUT2D eigenvalue weighted by atomic mass is 32.2. The maximum atomic E-state index is 5.99. The van der Waals surface area contributed by atoms with Gasteiger partial charge >= 0.3 is 0 Å². The Morgan fingerprint density at radius 3 is 2.74 bits per heavy atom. The Labute approximate surface area is 141 Å². The van der Waals surface area contributed by atoms with Crippen LogP contribution >= 0.6 is 11.8 Å². The quantitative estimate of drug-likeness (QED) is 0.476. The topological polar surface area (TPSA) is 37.9 Å². The van der Waals surface area contributed by atoms with Crippen LogP contribution in [-0.2, 0) is 0 Å². The van der Waals surface area contributed by atoms with E-state index < -0.39 is 0 Å². The van der Waals surface area contributed by atoms with Gasteiger partial charge in [-0.15, -0.1) is 0 Å². The Morgan fingerprint density at radius 2 is 1.91 bits per heavy atom. The van der Waals surface area contributed by atoms with Crippen molar-refractivity contribution in [2.24, 2.45) is 0 Å². The summed E-state index contributed by atoms with van der Waals surface area (Å²) in [6.45, 7) is 5.12. The average molecular weight is 326 g/mol. The summed E-state index contributed by atoms with van der Waals surface area (Å²) in [6.07, 6.45) is 1.12. The summed E-state index contributed by atoms with van der Waals surface area (Å²) >= 11 is 1.69. The lowest BCUT2D eigenvalue weighted by Crippen LogP contribution is -2.04. The number of aromatic amines is 1. The highest BCUT2D eigenvalue weighted by molar-refractivity contribution is 7.99. The van der Waals surface area contributed by atoms with Gasteiger partial charge in [0.25, 0.3) is 0 Å². The van der Waals surface area contributed by atoms with E-state index >= 15 is 0 Å². The van der Waals surface area contributed by atoms with Gasteiger partial charge in [0.15, 0.2) is 5.16 Å². The van der Waals surface area contributed by atoms with Crippen LogP contribution < -0.4 is 4.74 Å². The first-order valence-electron chi connectivity index (χ1n) is 8.07. The van der Waals surface area contributed by atoms with Crippen LogP contribution in [0.1, 0.15) is 31.7 Å². The average Bonchev–Trinajstić information content (AvgIpc) is 3.01. The summed E-state index contributed by atoms with van der Waals surface area (Å²) in [4.78, 5) is 7.90. The lowest BCUT2D eigenvalue weighted by Gasteiger charge is -2.15. The number of aromatic nitrogens is 2. The van der Waals surface area contributed by atoms with Crippen molar-refractivity contribution in [1.82, 2.24) is 9.97 Å². The number of thioether (sulfide) groups is 1. The lowest BCUT2D eigenvalue weighted by atomic mass is 9.98. The molecule has 3 rings (SSSR count). The standard InChI is InChI=1S/C19H22N2OS/c1-3-14(2)15-8-4-7-11-18(15)22-12-13-23-19-20-16-9-5-6-10-17(16)21-19/h4-11,14H,3,12-13H2,1-2H3,(H,20,21)/t14-/m1/s1. The second-order valence-electron chi connectivity index (χ2n) is 5.60. The van der Waals surface area contributed by atoms with E-state index in [1.165, 1.54) is 5.56 Å². The Kier molecular flexibility index (Phi) is 5.23. The van der Waals surface area contributed by atoms with Crippen molar-refractivity contribution in [3.8, 4) is 5.75 Å². The molecule has 0 aliphatic heterocycles. The van der Waals surface area contributed by atoms with Crippen LogP contribution in [0.2, 0.25) is 0 Å². The molecule has 0 unspecified atom stereocenters.